The second-order valence-electron chi connectivity index (χ2n) is 4.77. The Bertz CT molecular complexity index is 362. The van der Waals surface area contributed by atoms with E-state index in [1.807, 2.05) is 6.07 Å². The minimum absolute atomic E-state index is 0.755. The molecule has 0 radical (unpaired) electrons. The van der Waals surface area contributed by atoms with Gasteiger partial charge in [-0.25, -0.2) is 4.98 Å². The van der Waals surface area contributed by atoms with E-state index >= 15 is 0 Å². The van der Waals surface area contributed by atoms with E-state index in [0.717, 1.165) is 30.5 Å². The van der Waals surface area contributed by atoms with Gasteiger partial charge < -0.3 is 10.6 Å². The number of aromatic nitrogens is 1. The SMILES string of the molecule is CC[C@@H]1CCCN(c2ncc(N)cc2C)C1. The smallest absolute Gasteiger partial charge is 0.131 e. The van der Waals surface area contributed by atoms with Crippen molar-refractivity contribution in [1.29, 1.82) is 0 Å². The summed E-state index contributed by atoms with van der Waals surface area (Å²) in [5, 5.41) is 0. The average molecular weight is 219 g/mol. The third-order valence-corrected chi connectivity index (χ3v) is 3.47. The highest BCUT2D eigenvalue weighted by atomic mass is 15.2. The number of aryl methyl sites for hydroxylation is 1. The Morgan fingerprint density at radius 1 is 1.56 bits per heavy atom. The van der Waals surface area contributed by atoms with Crippen LogP contribution in [0.25, 0.3) is 0 Å². The van der Waals surface area contributed by atoms with Crippen LogP contribution < -0.4 is 10.6 Å². The molecule has 1 aliphatic rings. The highest BCUT2D eigenvalue weighted by Gasteiger charge is 2.20. The molecule has 1 aliphatic heterocycles. The molecule has 3 heteroatoms. The summed E-state index contributed by atoms with van der Waals surface area (Å²) in [6.07, 6.45) is 5.67. The molecule has 1 saturated heterocycles. The van der Waals surface area contributed by atoms with Gasteiger partial charge in [0.15, 0.2) is 0 Å². The largest absolute Gasteiger partial charge is 0.397 e. The van der Waals surface area contributed by atoms with Gasteiger partial charge in [-0.3, -0.25) is 0 Å². The normalized spacial score (nSPS) is 21.1. The molecule has 3 nitrogen and oxygen atoms in total. The summed E-state index contributed by atoms with van der Waals surface area (Å²) in [6, 6.07) is 2.01. The van der Waals surface area contributed by atoms with Crippen LogP contribution in [0.3, 0.4) is 0 Å². The topological polar surface area (TPSA) is 42.2 Å². The number of hydrogen-bond acceptors (Lipinski definition) is 3. The second-order valence-corrected chi connectivity index (χ2v) is 4.77. The maximum atomic E-state index is 5.73. The van der Waals surface area contributed by atoms with Gasteiger partial charge in [-0.1, -0.05) is 13.3 Å². The third-order valence-electron chi connectivity index (χ3n) is 3.47. The fourth-order valence-corrected chi connectivity index (χ4v) is 2.51. The average Bonchev–Trinajstić information content (AvgIpc) is 2.29. The molecule has 2 rings (SSSR count). The van der Waals surface area contributed by atoms with Gasteiger partial charge in [0.1, 0.15) is 5.82 Å². The summed E-state index contributed by atoms with van der Waals surface area (Å²) in [4.78, 5) is 6.88. The van der Waals surface area contributed by atoms with Crippen LogP contribution in [0.1, 0.15) is 31.7 Å². The Kier molecular flexibility index (Phi) is 3.32. The monoisotopic (exact) mass is 219 g/mol. The first-order valence-corrected chi connectivity index (χ1v) is 6.17. The first-order chi connectivity index (χ1) is 7.70. The lowest BCUT2D eigenvalue weighted by molar-refractivity contribution is 0.402. The van der Waals surface area contributed by atoms with E-state index in [1.54, 1.807) is 6.20 Å². The van der Waals surface area contributed by atoms with Crippen molar-refractivity contribution in [3.8, 4) is 0 Å². The van der Waals surface area contributed by atoms with Crippen LogP contribution in [0.5, 0.6) is 0 Å². The van der Waals surface area contributed by atoms with E-state index in [4.69, 9.17) is 5.73 Å². The first-order valence-electron chi connectivity index (χ1n) is 6.17. The van der Waals surface area contributed by atoms with E-state index < -0.39 is 0 Å². The summed E-state index contributed by atoms with van der Waals surface area (Å²) in [5.41, 5.74) is 7.68. The molecular formula is C13H21N3. The van der Waals surface area contributed by atoms with E-state index in [-0.39, 0.29) is 0 Å². The molecule has 1 atom stereocenters. The molecule has 2 heterocycles. The summed E-state index contributed by atoms with van der Waals surface area (Å²) in [7, 11) is 0. The predicted molar refractivity (Wildman–Crippen MR) is 68.6 cm³/mol. The molecule has 1 fully saturated rings. The molecule has 1 aromatic rings. The Balaban J connectivity index is 2.16. The Morgan fingerprint density at radius 2 is 2.38 bits per heavy atom. The number of nitrogens with zero attached hydrogens (tertiary/aromatic N) is 2. The zero-order chi connectivity index (χ0) is 11.5. The molecule has 0 aliphatic carbocycles. The van der Waals surface area contributed by atoms with Gasteiger partial charge in [0.25, 0.3) is 0 Å². The van der Waals surface area contributed by atoms with E-state index in [1.165, 1.54) is 24.8 Å². The molecule has 0 amide bonds. The summed E-state index contributed by atoms with van der Waals surface area (Å²) in [6.45, 7) is 6.65. The van der Waals surface area contributed by atoms with Crippen LogP contribution in [0.2, 0.25) is 0 Å². The van der Waals surface area contributed by atoms with Crippen molar-refractivity contribution in [1.82, 2.24) is 4.98 Å². The summed E-state index contributed by atoms with van der Waals surface area (Å²) < 4.78 is 0. The van der Waals surface area contributed by atoms with Crippen LogP contribution in [0.15, 0.2) is 12.3 Å². The van der Waals surface area contributed by atoms with Gasteiger partial charge in [0.05, 0.1) is 11.9 Å². The standard InChI is InChI=1S/C13H21N3/c1-3-11-5-4-6-16(9-11)13-10(2)7-12(14)8-15-13/h7-8,11H,3-6,9,14H2,1-2H3/t11-/m1/s1. The lowest BCUT2D eigenvalue weighted by Crippen LogP contribution is -2.36. The molecule has 88 valence electrons. The predicted octanol–water partition coefficient (Wildman–Crippen LogP) is 2.60. The van der Waals surface area contributed by atoms with Crippen LogP contribution in [0, 0.1) is 12.8 Å². The highest BCUT2D eigenvalue weighted by Crippen LogP contribution is 2.26. The van der Waals surface area contributed by atoms with E-state index in [9.17, 15) is 0 Å². The number of nitrogens with two attached hydrogens (primary N) is 1. The summed E-state index contributed by atoms with van der Waals surface area (Å²) in [5.74, 6) is 1.94. The van der Waals surface area contributed by atoms with Crippen molar-refractivity contribution in [2.75, 3.05) is 23.7 Å². The van der Waals surface area contributed by atoms with Gasteiger partial charge >= 0.3 is 0 Å². The molecule has 1 aromatic heterocycles. The van der Waals surface area contributed by atoms with Gasteiger partial charge in [-0.2, -0.15) is 0 Å². The fourth-order valence-electron chi connectivity index (χ4n) is 2.51. The molecule has 16 heavy (non-hydrogen) atoms. The number of hydrogen-bond donors (Lipinski definition) is 1. The van der Waals surface area contributed by atoms with Crippen molar-refractivity contribution >= 4 is 11.5 Å². The fraction of sp³-hybridized carbons (Fsp3) is 0.615. The quantitative estimate of drug-likeness (QED) is 0.831. The molecule has 2 N–H and O–H groups in total. The molecule has 0 bridgehead atoms. The van der Waals surface area contributed by atoms with Crippen molar-refractivity contribution in [2.24, 2.45) is 5.92 Å². The highest BCUT2D eigenvalue weighted by molar-refractivity contribution is 5.52. The Labute approximate surface area is 97.7 Å². The molecule has 0 unspecified atom stereocenters. The van der Waals surface area contributed by atoms with E-state index in [0.29, 0.717) is 0 Å². The molecule has 0 spiro atoms. The van der Waals surface area contributed by atoms with E-state index in [2.05, 4.69) is 23.7 Å². The number of piperidine rings is 1. The number of nitrogen functional groups attached to an aromatic ring is 1. The zero-order valence-corrected chi connectivity index (χ0v) is 10.2. The van der Waals surface area contributed by atoms with Crippen molar-refractivity contribution < 1.29 is 0 Å². The lowest BCUT2D eigenvalue weighted by Gasteiger charge is -2.34. The second kappa shape index (κ2) is 4.73. The van der Waals surface area contributed by atoms with Gasteiger partial charge in [-0.05, 0) is 37.3 Å². The number of rotatable bonds is 2. The van der Waals surface area contributed by atoms with Crippen LogP contribution in [0.4, 0.5) is 11.5 Å². The maximum absolute atomic E-state index is 5.73. The Morgan fingerprint density at radius 3 is 3.06 bits per heavy atom. The Hall–Kier alpha value is -1.25. The van der Waals surface area contributed by atoms with Crippen LogP contribution >= 0.6 is 0 Å². The molecule has 0 aromatic carbocycles. The number of pyridine rings is 1. The molecule has 0 saturated carbocycles. The lowest BCUT2D eigenvalue weighted by atomic mass is 9.95. The minimum Gasteiger partial charge on any atom is -0.397 e. The maximum Gasteiger partial charge on any atom is 0.131 e. The number of anilines is 2. The minimum atomic E-state index is 0.755. The van der Waals surface area contributed by atoms with Crippen LogP contribution in [-0.4, -0.2) is 18.1 Å². The van der Waals surface area contributed by atoms with Gasteiger partial charge in [0.2, 0.25) is 0 Å². The van der Waals surface area contributed by atoms with Crippen LogP contribution in [-0.2, 0) is 0 Å². The van der Waals surface area contributed by atoms with Crippen molar-refractivity contribution in [3.05, 3.63) is 17.8 Å². The third kappa shape index (κ3) is 2.29. The zero-order valence-electron chi connectivity index (χ0n) is 10.2. The van der Waals surface area contributed by atoms with Crippen molar-refractivity contribution in [3.63, 3.8) is 0 Å². The molecular weight excluding hydrogens is 198 g/mol. The van der Waals surface area contributed by atoms with Crippen molar-refractivity contribution in [2.45, 2.75) is 33.1 Å². The first kappa shape index (κ1) is 11.2. The van der Waals surface area contributed by atoms with Gasteiger partial charge in [-0.15, -0.1) is 0 Å². The summed E-state index contributed by atoms with van der Waals surface area (Å²) >= 11 is 0. The van der Waals surface area contributed by atoms with Gasteiger partial charge in [0, 0.05) is 13.1 Å².